The number of halogens is 1. The largest absolute Gasteiger partial charge is 0.381 e. The first-order chi connectivity index (χ1) is 7.79. The van der Waals surface area contributed by atoms with Crippen LogP contribution in [0.25, 0.3) is 0 Å². The highest BCUT2D eigenvalue weighted by Gasteiger charge is 2.28. The highest BCUT2D eigenvalue weighted by atomic mass is 35.5. The van der Waals surface area contributed by atoms with Crippen LogP contribution in [0.4, 0.5) is 0 Å². The van der Waals surface area contributed by atoms with Gasteiger partial charge in [0.1, 0.15) is 0 Å². The Bertz CT molecular complexity index is 245. The topological polar surface area (TPSA) is 50.4 Å². The molecule has 5 heteroatoms. The van der Waals surface area contributed by atoms with Crippen LogP contribution in [0.15, 0.2) is 0 Å². The van der Waals surface area contributed by atoms with E-state index < -0.39 is 0 Å². The zero-order chi connectivity index (χ0) is 11.4. The third kappa shape index (κ3) is 4.12. The highest BCUT2D eigenvalue weighted by Crippen LogP contribution is 2.21. The van der Waals surface area contributed by atoms with Crippen LogP contribution < -0.4 is 10.6 Å². The molecular formula is C12H23ClN2O2. The molecule has 2 aliphatic rings. The molecule has 17 heavy (non-hydrogen) atoms. The van der Waals surface area contributed by atoms with Gasteiger partial charge in [-0.05, 0) is 38.6 Å². The zero-order valence-electron chi connectivity index (χ0n) is 10.4. The van der Waals surface area contributed by atoms with Gasteiger partial charge in [-0.15, -0.1) is 12.4 Å². The molecular weight excluding hydrogens is 240 g/mol. The van der Waals surface area contributed by atoms with Gasteiger partial charge in [0.05, 0.1) is 12.1 Å². The first-order valence-corrected chi connectivity index (χ1v) is 6.36. The summed E-state index contributed by atoms with van der Waals surface area (Å²) in [7, 11) is 1.75. The molecule has 0 spiro atoms. The van der Waals surface area contributed by atoms with Crippen molar-refractivity contribution >= 4 is 18.3 Å². The fraction of sp³-hybridized carbons (Fsp3) is 0.917. The predicted octanol–water partition coefficient (Wildman–Crippen LogP) is 1.23. The van der Waals surface area contributed by atoms with Crippen LogP contribution in [0.3, 0.4) is 0 Å². The standard InChI is InChI=1S/C12H22N2O2.ClH/c1-16-10-6-5-9(8-10)14-12(15)11-4-2-3-7-13-11;/h9-11,13H,2-8H2,1H3,(H,14,15);1H/t9?,10?,11-;/m0./s1. The van der Waals surface area contributed by atoms with Gasteiger partial charge >= 0.3 is 0 Å². The predicted molar refractivity (Wildman–Crippen MR) is 69.5 cm³/mol. The van der Waals surface area contributed by atoms with Crippen LogP contribution in [0.1, 0.15) is 38.5 Å². The number of methoxy groups -OCH3 is 1. The van der Waals surface area contributed by atoms with Gasteiger partial charge in [0.15, 0.2) is 0 Å². The Balaban J connectivity index is 0.00000144. The molecule has 2 rings (SSSR count). The number of nitrogens with one attached hydrogen (secondary N) is 2. The third-order valence-corrected chi connectivity index (χ3v) is 3.69. The van der Waals surface area contributed by atoms with E-state index in [4.69, 9.17) is 4.74 Å². The second-order valence-electron chi connectivity index (χ2n) is 4.88. The van der Waals surface area contributed by atoms with Crippen LogP contribution in [-0.4, -0.2) is 37.7 Å². The van der Waals surface area contributed by atoms with Crippen LogP contribution in [0.2, 0.25) is 0 Å². The lowest BCUT2D eigenvalue weighted by Gasteiger charge is -2.24. The maximum absolute atomic E-state index is 11.9. The fourth-order valence-electron chi connectivity index (χ4n) is 2.66. The molecule has 2 N–H and O–H groups in total. The summed E-state index contributed by atoms with van der Waals surface area (Å²) in [6.45, 7) is 0.976. The van der Waals surface area contributed by atoms with Crippen LogP contribution >= 0.6 is 12.4 Å². The monoisotopic (exact) mass is 262 g/mol. The van der Waals surface area contributed by atoms with Gasteiger partial charge < -0.3 is 15.4 Å². The van der Waals surface area contributed by atoms with E-state index in [9.17, 15) is 4.79 Å². The normalized spacial score (nSPS) is 32.9. The molecule has 0 radical (unpaired) electrons. The van der Waals surface area contributed by atoms with Crippen molar-refractivity contribution in [2.45, 2.75) is 56.7 Å². The molecule has 0 aromatic heterocycles. The smallest absolute Gasteiger partial charge is 0.237 e. The van der Waals surface area contributed by atoms with E-state index in [0.29, 0.717) is 12.1 Å². The number of ether oxygens (including phenoxy) is 1. The zero-order valence-corrected chi connectivity index (χ0v) is 11.2. The van der Waals surface area contributed by atoms with Crippen LogP contribution in [-0.2, 0) is 9.53 Å². The van der Waals surface area contributed by atoms with Crippen LogP contribution in [0.5, 0.6) is 0 Å². The van der Waals surface area contributed by atoms with Gasteiger partial charge in [0.2, 0.25) is 5.91 Å². The molecule has 1 heterocycles. The summed E-state index contributed by atoms with van der Waals surface area (Å²) < 4.78 is 5.30. The van der Waals surface area contributed by atoms with Crippen molar-refractivity contribution in [2.75, 3.05) is 13.7 Å². The Hall–Kier alpha value is -0.320. The second-order valence-corrected chi connectivity index (χ2v) is 4.88. The lowest BCUT2D eigenvalue weighted by molar-refractivity contribution is -0.124. The molecule has 3 atom stereocenters. The maximum Gasteiger partial charge on any atom is 0.237 e. The van der Waals surface area contributed by atoms with Crippen molar-refractivity contribution in [1.29, 1.82) is 0 Å². The summed E-state index contributed by atoms with van der Waals surface area (Å²) in [4.78, 5) is 11.9. The number of carbonyl (C=O) groups is 1. The number of hydrogen-bond donors (Lipinski definition) is 2. The highest BCUT2D eigenvalue weighted by molar-refractivity contribution is 5.85. The van der Waals surface area contributed by atoms with Crippen molar-refractivity contribution in [3.8, 4) is 0 Å². The van der Waals surface area contributed by atoms with E-state index >= 15 is 0 Å². The Kier molecular flexibility index (Phi) is 6.23. The lowest BCUT2D eigenvalue weighted by Crippen LogP contribution is -2.49. The molecule has 1 saturated carbocycles. The first kappa shape index (κ1) is 14.7. The molecule has 4 nitrogen and oxygen atoms in total. The van der Waals surface area contributed by atoms with E-state index in [1.807, 2.05) is 0 Å². The summed E-state index contributed by atoms with van der Waals surface area (Å²) in [5, 5.41) is 6.41. The lowest BCUT2D eigenvalue weighted by atomic mass is 10.0. The maximum atomic E-state index is 11.9. The van der Waals surface area contributed by atoms with Crippen molar-refractivity contribution in [1.82, 2.24) is 10.6 Å². The SMILES string of the molecule is COC1CCC(NC(=O)[C@@H]2CCCCN2)C1.Cl. The first-order valence-electron chi connectivity index (χ1n) is 6.36. The fourth-order valence-corrected chi connectivity index (χ4v) is 2.66. The molecule has 1 amide bonds. The van der Waals surface area contributed by atoms with Gasteiger partial charge in [0, 0.05) is 13.2 Å². The van der Waals surface area contributed by atoms with Gasteiger partial charge in [-0.25, -0.2) is 0 Å². The Morgan fingerprint density at radius 3 is 2.71 bits per heavy atom. The number of amides is 1. The van der Waals surface area contributed by atoms with Crippen molar-refractivity contribution < 1.29 is 9.53 Å². The molecule has 100 valence electrons. The minimum Gasteiger partial charge on any atom is -0.381 e. The molecule has 1 aliphatic heterocycles. The summed E-state index contributed by atoms with van der Waals surface area (Å²) in [5.74, 6) is 0.182. The van der Waals surface area contributed by atoms with E-state index in [-0.39, 0.29) is 24.4 Å². The molecule has 1 saturated heterocycles. The quantitative estimate of drug-likeness (QED) is 0.805. The van der Waals surface area contributed by atoms with Gasteiger partial charge in [-0.2, -0.15) is 0 Å². The molecule has 0 aromatic carbocycles. The van der Waals surface area contributed by atoms with Crippen molar-refractivity contribution in [3.05, 3.63) is 0 Å². The summed E-state index contributed by atoms with van der Waals surface area (Å²) >= 11 is 0. The summed E-state index contributed by atoms with van der Waals surface area (Å²) in [6.07, 6.45) is 6.76. The molecule has 2 fully saturated rings. The molecule has 2 unspecified atom stereocenters. The number of hydrogen-bond acceptors (Lipinski definition) is 3. The number of carbonyl (C=O) groups excluding carboxylic acids is 1. The Morgan fingerprint density at radius 1 is 1.29 bits per heavy atom. The number of piperidine rings is 1. The van der Waals surface area contributed by atoms with Gasteiger partial charge in [-0.1, -0.05) is 6.42 Å². The number of rotatable bonds is 3. The van der Waals surface area contributed by atoms with Gasteiger partial charge in [0.25, 0.3) is 0 Å². The molecule has 0 bridgehead atoms. The Labute approximate surface area is 109 Å². The molecule has 1 aliphatic carbocycles. The third-order valence-electron chi connectivity index (χ3n) is 3.69. The van der Waals surface area contributed by atoms with E-state index in [0.717, 1.165) is 38.6 Å². The molecule has 0 aromatic rings. The second kappa shape index (κ2) is 7.19. The van der Waals surface area contributed by atoms with E-state index in [1.165, 1.54) is 6.42 Å². The minimum absolute atomic E-state index is 0. The van der Waals surface area contributed by atoms with Gasteiger partial charge in [-0.3, -0.25) is 4.79 Å². The van der Waals surface area contributed by atoms with E-state index in [1.54, 1.807) is 7.11 Å². The summed E-state index contributed by atoms with van der Waals surface area (Å²) in [6, 6.07) is 0.358. The van der Waals surface area contributed by atoms with Crippen molar-refractivity contribution in [2.24, 2.45) is 0 Å². The minimum atomic E-state index is 0. The average Bonchev–Trinajstić information content (AvgIpc) is 2.78. The van der Waals surface area contributed by atoms with Crippen molar-refractivity contribution in [3.63, 3.8) is 0 Å². The average molecular weight is 263 g/mol. The van der Waals surface area contributed by atoms with Crippen LogP contribution in [0, 0.1) is 0 Å². The van der Waals surface area contributed by atoms with E-state index in [2.05, 4.69) is 10.6 Å². The Morgan fingerprint density at radius 2 is 2.12 bits per heavy atom. The summed E-state index contributed by atoms with van der Waals surface area (Å²) in [5.41, 5.74) is 0.